The number of aryl methyl sites for hydroxylation is 1. The molecule has 3 aromatic carbocycles. The first-order valence-electron chi connectivity index (χ1n) is 14.1. The molecule has 0 unspecified atom stereocenters. The molecule has 2 amide bonds. The Morgan fingerprint density at radius 3 is 2.40 bits per heavy atom. The zero-order chi connectivity index (χ0) is 32.2. The molecule has 0 saturated heterocycles. The number of rotatable bonds is 7. The highest BCUT2D eigenvalue weighted by molar-refractivity contribution is 7.93. The van der Waals surface area contributed by atoms with Gasteiger partial charge in [0.2, 0.25) is 0 Å². The third-order valence-corrected chi connectivity index (χ3v) is 10.5. The van der Waals surface area contributed by atoms with E-state index in [1.807, 2.05) is 0 Å². The molecule has 0 aliphatic carbocycles. The minimum Gasteiger partial charge on any atom is -0.484 e. The van der Waals surface area contributed by atoms with E-state index in [0.717, 1.165) is 9.21 Å². The maximum absolute atomic E-state index is 14.6. The summed E-state index contributed by atoms with van der Waals surface area (Å²) in [6, 6.07) is 15.0. The monoisotopic (exact) mass is 668 g/mol. The molecule has 2 aliphatic rings. The Bertz CT molecular complexity index is 1960. The molecule has 0 fully saturated rings. The third kappa shape index (κ3) is 5.28. The van der Waals surface area contributed by atoms with E-state index < -0.39 is 39.8 Å². The Kier molecular flexibility index (Phi) is 7.96. The van der Waals surface area contributed by atoms with Gasteiger partial charge in [0.1, 0.15) is 22.6 Å². The van der Waals surface area contributed by atoms with Crippen LogP contribution in [0, 0.1) is 5.82 Å². The molecule has 4 aromatic rings. The molecule has 2 atom stereocenters. The number of nitrogens with zero attached hydrogens (tertiary/aromatic N) is 4. The maximum atomic E-state index is 14.6. The number of fused-ring (bicyclic) bond motifs is 2. The first kappa shape index (κ1) is 30.8. The number of sulfonamides is 1. The van der Waals surface area contributed by atoms with Gasteiger partial charge in [-0.15, -0.1) is 0 Å². The van der Waals surface area contributed by atoms with Crippen LogP contribution in [-0.2, 0) is 16.6 Å². The number of amides is 2. The summed E-state index contributed by atoms with van der Waals surface area (Å²) in [6.07, 6.45) is 2.10. The lowest BCUT2D eigenvalue weighted by atomic mass is 10.0. The summed E-state index contributed by atoms with van der Waals surface area (Å²) in [5, 5.41) is 4.14. The van der Waals surface area contributed by atoms with Crippen molar-refractivity contribution in [2.45, 2.75) is 44.4 Å². The molecular weight excluding hydrogens is 642 g/mol. The average Bonchev–Trinajstić information content (AvgIpc) is 3.52. The second-order valence-corrected chi connectivity index (χ2v) is 13.3. The summed E-state index contributed by atoms with van der Waals surface area (Å²) < 4.78 is 52.0. The lowest BCUT2D eigenvalue weighted by molar-refractivity contribution is 0.0435. The van der Waals surface area contributed by atoms with Crippen LogP contribution in [0.25, 0.3) is 11.6 Å². The zero-order valence-corrected chi connectivity index (χ0v) is 26.7. The van der Waals surface area contributed by atoms with Gasteiger partial charge in [0, 0.05) is 18.3 Å². The largest absolute Gasteiger partial charge is 0.484 e. The van der Waals surface area contributed by atoms with Gasteiger partial charge in [-0.2, -0.15) is 5.10 Å². The number of imide groups is 1. The van der Waals surface area contributed by atoms with Crippen LogP contribution in [0.1, 0.15) is 52.6 Å². The van der Waals surface area contributed by atoms with E-state index in [9.17, 15) is 22.4 Å². The van der Waals surface area contributed by atoms with Gasteiger partial charge in [-0.3, -0.25) is 23.5 Å². The van der Waals surface area contributed by atoms with Crippen molar-refractivity contribution in [2.24, 2.45) is 0 Å². The summed E-state index contributed by atoms with van der Waals surface area (Å²) in [4.78, 5) is 27.4. The molecule has 9 nitrogen and oxygen atoms in total. The Morgan fingerprint density at radius 1 is 1.09 bits per heavy atom. The Hall–Kier alpha value is -4.19. The van der Waals surface area contributed by atoms with Crippen LogP contribution >= 0.6 is 23.2 Å². The zero-order valence-electron chi connectivity index (χ0n) is 24.4. The molecule has 0 saturated carbocycles. The molecule has 232 valence electrons. The molecule has 0 N–H and O–H groups in total. The molecule has 45 heavy (non-hydrogen) atoms. The van der Waals surface area contributed by atoms with E-state index in [-0.39, 0.29) is 49.7 Å². The molecule has 3 heterocycles. The van der Waals surface area contributed by atoms with Crippen LogP contribution in [0.3, 0.4) is 0 Å². The number of hydrogen-bond acceptors (Lipinski definition) is 6. The van der Waals surface area contributed by atoms with Gasteiger partial charge in [0.05, 0.1) is 34.4 Å². The van der Waals surface area contributed by atoms with Gasteiger partial charge in [-0.25, -0.2) is 12.8 Å². The van der Waals surface area contributed by atoms with Crippen molar-refractivity contribution in [3.8, 4) is 5.75 Å². The van der Waals surface area contributed by atoms with E-state index in [0.29, 0.717) is 17.7 Å². The van der Waals surface area contributed by atoms with Crippen LogP contribution in [-0.4, -0.2) is 53.6 Å². The maximum Gasteiger partial charge on any atom is 0.269 e. The van der Waals surface area contributed by atoms with Gasteiger partial charge in [-0.05, 0) is 68.3 Å². The molecular formula is C32H27Cl2FN4O5S. The smallest absolute Gasteiger partial charge is 0.269 e. The number of aromatic nitrogens is 2. The highest BCUT2D eigenvalue weighted by Gasteiger charge is 2.45. The first-order valence-corrected chi connectivity index (χ1v) is 16.3. The second-order valence-electron chi connectivity index (χ2n) is 10.7. The van der Waals surface area contributed by atoms with Crippen molar-refractivity contribution in [3.05, 3.63) is 105 Å². The van der Waals surface area contributed by atoms with Crippen LogP contribution < -0.4 is 9.04 Å². The number of allylic oxidation sites excluding steroid dienone is 1. The van der Waals surface area contributed by atoms with E-state index in [1.165, 1.54) is 23.0 Å². The van der Waals surface area contributed by atoms with Crippen molar-refractivity contribution in [1.82, 2.24) is 14.7 Å². The summed E-state index contributed by atoms with van der Waals surface area (Å²) in [5.41, 5.74) is 2.05. The highest BCUT2D eigenvalue weighted by Crippen LogP contribution is 2.41. The van der Waals surface area contributed by atoms with E-state index in [1.54, 1.807) is 75.4 Å². The van der Waals surface area contributed by atoms with Crippen molar-refractivity contribution in [2.75, 3.05) is 10.8 Å². The first-order chi connectivity index (χ1) is 21.4. The molecule has 0 bridgehead atoms. The number of ether oxygens (including phenoxy) is 1. The fourth-order valence-electron chi connectivity index (χ4n) is 5.63. The van der Waals surface area contributed by atoms with Crippen molar-refractivity contribution in [1.29, 1.82) is 0 Å². The standard InChI is InChI=1S/C32H27Cl2FN4O5S/c1-4-37-17-28(30(34)36-37)45(42,43)38-16-27(19(3)39-31(40)21-8-5-6-9-22(21)32(39)41)44-26-13-12-20(15-25(26)38)14-18(2)29-23(33)10-7-11-24(29)35/h5-15,17,19,27H,4,16H2,1-3H3/t19-,27-/m1/s1. The summed E-state index contributed by atoms with van der Waals surface area (Å²) in [6.45, 7) is 5.28. The number of anilines is 1. The minimum absolute atomic E-state index is 0.197. The normalized spacial score (nSPS) is 17.3. The molecule has 13 heteroatoms. The van der Waals surface area contributed by atoms with Crippen molar-refractivity contribution < 1.29 is 27.1 Å². The van der Waals surface area contributed by atoms with Crippen LogP contribution in [0.4, 0.5) is 10.1 Å². The number of halogens is 3. The van der Waals surface area contributed by atoms with Crippen molar-refractivity contribution >= 4 is 62.4 Å². The topological polar surface area (TPSA) is 102 Å². The Morgan fingerprint density at radius 2 is 1.78 bits per heavy atom. The van der Waals surface area contributed by atoms with Gasteiger partial charge >= 0.3 is 0 Å². The summed E-state index contributed by atoms with van der Waals surface area (Å²) >= 11 is 12.6. The SMILES string of the molecule is CCn1cc(S(=O)(=O)N2C[C@H]([C@@H](C)N3C(=O)c4ccccc4C3=O)Oc3ccc(C=C(C)c4c(F)cccc4Cl)cc32)c(Cl)n1. The summed E-state index contributed by atoms with van der Waals surface area (Å²) in [5.74, 6) is -1.26. The predicted molar refractivity (Wildman–Crippen MR) is 170 cm³/mol. The van der Waals surface area contributed by atoms with E-state index in [2.05, 4.69) is 5.10 Å². The molecule has 2 aliphatic heterocycles. The number of carbonyl (C=O) groups excluding carboxylic acids is 2. The quantitative estimate of drug-likeness (QED) is 0.164. The molecule has 6 rings (SSSR count). The van der Waals surface area contributed by atoms with Crippen LogP contribution in [0.5, 0.6) is 5.75 Å². The third-order valence-electron chi connectivity index (χ3n) is 7.96. The fraction of sp³-hybridized carbons (Fsp3) is 0.219. The molecule has 1 aromatic heterocycles. The minimum atomic E-state index is -4.33. The fourth-order valence-corrected chi connectivity index (χ4v) is 7.87. The highest BCUT2D eigenvalue weighted by atomic mass is 35.5. The van der Waals surface area contributed by atoms with Crippen LogP contribution in [0.15, 0.2) is 71.8 Å². The van der Waals surface area contributed by atoms with Gasteiger partial charge in [0.15, 0.2) is 5.15 Å². The number of hydrogen-bond donors (Lipinski definition) is 0. The Balaban J connectivity index is 1.43. The van der Waals surface area contributed by atoms with Gasteiger partial charge in [0.25, 0.3) is 21.8 Å². The summed E-state index contributed by atoms with van der Waals surface area (Å²) in [7, 11) is -4.33. The van der Waals surface area contributed by atoms with Gasteiger partial charge < -0.3 is 4.74 Å². The lowest BCUT2D eigenvalue weighted by Crippen LogP contribution is -2.54. The van der Waals surface area contributed by atoms with Crippen LogP contribution in [0.2, 0.25) is 10.2 Å². The predicted octanol–water partition coefficient (Wildman–Crippen LogP) is 6.55. The Labute approximate surface area is 269 Å². The van der Waals surface area contributed by atoms with E-state index >= 15 is 0 Å². The van der Waals surface area contributed by atoms with Gasteiger partial charge in [-0.1, -0.05) is 53.5 Å². The number of benzene rings is 3. The lowest BCUT2D eigenvalue weighted by Gasteiger charge is -2.39. The second kappa shape index (κ2) is 11.6. The molecule has 0 spiro atoms. The van der Waals surface area contributed by atoms with Crippen molar-refractivity contribution in [3.63, 3.8) is 0 Å². The van der Waals surface area contributed by atoms with E-state index in [4.69, 9.17) is 27.9 Å². The average molecular weight is 670 g/mol. The number of carbonyl (C=O) groups is 2. The molecule has 0 radical (unpaired) electrons.